The molecule has 118 valence electrons. The molecule has 0 N–H and O–H groups in total. The fourth-order valence-electron chi connectivity index (χ4n) is 4.16. The van der Waals surface area contributed by atoms with E-state index in [0.29, 0.717) is 0 Å². The van der Waals surface area contributed by atoms with Crippen molar-refractivity contribution in [3.63, 3.8) is 0 Å². The van der Waals surface area contributed by atoms with Crippen LogP contribution in [-0.2, 0) is 13.0 Å². The van der Waals surface area contributed by atoms with Gasteiger partial charge in [-0.3, -0.25) is 4.79 Å². The fourth-order valence-corrected chi connectivity index (χ4v) is 4.51. The van der Waals surface area contributed by atoms with Gasteiger partial charge >= 0.3 is 0 Å². The maximum absolute atomic E-state index is 13.0. The fraction of sp³-hybridized carbons (Fsp3) is 0.190. The van der Waals surface area contributed by atoms with Crippen LogP contribution in [0.5, 0.6) is 0 Å². The number of halogens is 1. The monoisotopic (exact) mass is 333 g/mol. The molecule has 1 aliphatic rings. The summed E-state index contributed by atoms with van der Waals surface area (Å²) in [4.78, 5) is 13.0. The van der Waals surface area contributed by atoms with Gasteiger partial charge in [-0.15, -0.1) is 0 Å². The van der Waals surface area contributed by atoms with Crippen molar-refractivity contribution in [3.05, 3.63) is 69.0 Å². The molecule has 0 fully saturated rings. The van der Waals surface area contributed by atoms with Gasteiger partial charge in [0.05, 0.1) is 10.5 Å². The number of fused-ring (bicyclic) bond motifs is 4. The molecule has 0 spiro atoms. The largest absolute Gasteiger partial charge is 0.307 e. The molecule has 0 radical (unpaired) electrons. The van der Waals surface area contributed by atoms with Crippen LogP contribution in [-0.4, -0.2) is 4.57 Å². The topological polar surface area (TPSA) is 22.0 Å². The molecular weight excluding hydrogens is 318 g/mol. The third-order valence-corrected chi connectivity index (χ3v) is 5.65. The first kappa shape index (κ1) is 14.1. The minimum Gasteiger partial charge on any atom is -0.307 e. The van der Waals surface area contributed by atoms with Gasteiger partial charge < -0.3 is 4.57 Å². The Bertz CT molecular complexity index is 1220. The first-order valence-electron chi connectivity index (χ1n) is 8.33. The second-order valence-electron chi connectivity index (χ2n) is 6.67. The molecule has 3 heteroatoms. The molecule has 5 rings (SSSR count). The zero-order valence-corrected chi connectivity index (χ0v) is 14.2. The first-order chi connectivity index (χ1) is 11.7. The predicted molar refractivity (Wildman–Crippen MR) is 101 cm³/mol. The summed E-state index contributed by atoms with van der Waals surface area (Å²) in [6.45, 7) is 2.86. The van der Waals surface area contributed by atoms with E-state index < -0.39 is 0 Å². The number of pyridine rings is 1. The lowest BCUT2D eigenvalue weighted by Gasteiger charge is -2.23. The van der Waals surface area contributed by atoms with E-state index in [0.717, 1.165) is 57.0 Å². The molecule has 0 aliphatic carbocycles. The van der Waals surface area contributed by atoms with E-state index in [1.807, 2.05) is 22.8 Å². The van der Waals surface area contributed by atoms with Crippen molar-refractivity contribution < 1.29 is 0 Å². The van der Waals surface area contributed by atoms with Crippen LogP contribution < -0.4 is 5.56 Å². The third-order valence-electron chi connectivity index (χ3n) is 5.22. The molecule has 4 aromatic rings. The molecule has 0 bridgehead atoms. The molecule has 24 heavy (non-hydrogen) atoms. The molecule has 0 amide bonds. The SMILES string of the molecule is Cc1ccc2c(Cl)c3c4c(c2c1)c1ccccc1c(=O)n4CCC3. The molecule has 0 saturated heterocycles. The molecular formula is C21H16ClNO. The number of rotatable bonds is 0. The minimum absolute atomic E-state index is 0.0992. The van der Waals surface area contributed by atoms with Crippen molar-refractivity contribution in [2.45, 2.75) is 26.3 Å². The van der Waals surface area contributed by atoms with Crippen LogP contribution in [0.15, 0.2) is 47.3 Å². The van der Waals surface area contributed by atoms with E-state index in [-0.39, 0.29) is 5.56 Å². The maximum atomic E-state index is 13.0. The summed E-state index contributed by atoms with van der Waals surface area (Å²) in [6, 6.07) is 14.4. The maximum Gasteiger partial charge on any atom is 0.258 e. The summed E-state index contributed by atoms with van der Waals surface area (Å²) < 4.78 is 1.93. The summed E-state index contributed by atoms with van der Waals surface area (Å²) in [5, 5.41) is 6.03. The van der Waals surface area contributed by atoms with Gasteiger partial charge in [0.15, 0.2) is 0 Å². The highest BCUT2D eigenvalue weighted by atomic mass is 35.5. The van der Waals surface area contributed by atoms with Gasteiger partial charge in [-0.05, 0) is 42.2 Å². The Balaban J connectivity index is 2.23. The normalized spacial score (nSPS) is 13.9. The van der Waals surface area contributed by atoms with Gasteiger partial charge in [-0.1, -0.05) is 53.6 Å². The number of nitrogens with zero attached hydrogens (tertiary/aromatic N) is 1. The highest BCUT2D eigenvalue weighted by molar-refractivity contribution is 6.39. The van der Waals surface area contributed by atoms with E-state index in [4.69, 9.17) is 11.6 Å². The molecule has 2 heterocycles. The molecule has 3 aromatic carbocycles. The summed E-state index contributed by atoms with van der Waals surface area (Å²) in [6.07, 6.45) is 1.88. The lowest BCUT2D eigenvalue weighted by atomic mass is 9.92. The Morgan fingerprint density at radius 1 is 1.00 bits per heavy atom. The number of benzene rings is 3. The quantitative estimate of drug-likeness (QED) is 0.404. The number of aromatic nitrogens is 1. The van der Waals surface area contributed by atoms with Crippen molar-refractivity contribution in [2.24, 2.45) is 0 Å². The lowest BCUT2D eigenvalue weighted by Crippen LogP contribution is -2.25. The van der Waals surface area contributed by atoms with E-state index in [1.165, 1.54) is 10.9 Å². The van der Waals surface area contributed by atoms with Gasteiger partial charge in [0.2, 0.25) is 0 Å². The Hall–Kier alpha value is -2.32. The molecule has 1 aromatic heterocycles. The minimum atomic E-state index is 0.0992. The molecule has 2 nitrogen and oxygen atoms in total. The molecule has 0 unspecified atom stereocenters. The Morgan fingerprint density at radius 3 is 2.62 bits per heavy atom. The van der Waals surface area contributed by atoms with Crippen molar-refractivity contribution >= 4 is 44.0 Å². The molecule has 0 atom stereocenters. The van der Waals surface area contributed by atoms with E-state index in [1.54, 1.807) is 0 Å². The van der Waals surface area contributed by atoms with E-state index in [9.17, 15) is 4.79 Å². The number of hydrogen-bond acceptors (Lipinski definition) is 1. The van der Waals surface area contributed by atoms with Crippen LogP contribution in [0.4, 0.5) is 0 Å². The van der Waals surface area contributed by atoms with Crippen LogP contribution >= 0.6 is 11.6 Å². The van der Waals surface area contributed by atoms with Gasteiger partial charge in [-0.2, -0.15) is 0 Å². The summed E-state index contributed by atoms with van der Waals surface area (Å²) in [7, 11) is 0. The molecule has 1 aliphatic heterocycles. The summed E-state index contributed by atoms with van der Waals surface area (Å²) >= 11 is 6.77. The van der Waals surface area contributed by atoms with Crippen LogP contribution in [0, 0.1) is 6.92 Å². The summed E-state index contributed by atoms with van der Waals surface area (Å²) in [5.74, 6) is 0. The zero-order chi connectivity index (χ0) is 16.4. The highest BCUT2D eigenvalue weighted by Crippen LogP contribution is 2.40. The average Bonchev–Trinajstić information content (AvgIpc) is 2.61. The Morgan fingerprint density at radius 2 is 1.79 bits per heavy atom. The average molecular weight is 334 g/mol. The first-order valence-corrected chi connectivity index (χ1v) is 8.70. The number of hydrogen-bond donors (Lipinski definition) is 0. The summed E-state index contributed by atoms with van der Waals surface area (Å²) in [5.41, 5.74) is 3.46. The van der Waals surface area contributed by atoms with Crippen molar-refractivity contribution in [1.82, 2.24) is 4.57 Å². The smallest absolute Gasteiger partial charge is 0.258 e. The standard InChI is InChI=1S/C21H16ClNO/c1-12-8-9-14-17(11-12)18-13-5-2-3-6-15(13)21(24)23-10-4-7-16(19(14)22)20(18)23/h2-3,5-6,8-9,11H,4,7,10H2,1H3. The van der Waals surface area contributed by atoms with Crippen LogP contribution in [0.25, 0.3) is 32.4 Å². The predicted octanol–water partition coefficient (Wildman–Crippen LogP) is 5.22. The zero-order valence-electron chi connectivity index (χ0n) is 13.4. The van der Waals surface area contributed by atoms with Crippen molar-refractivity contribution in [3.8, 4) is 0 Å². The van der Waals surface area contributed by atoms with Crippen LogP contribution in [0.2, 0.25) is 5.02 Å². The highest BCUT2D eigenvalue weighted by Gasteiger charge is 2.22. The van der Waals surface area contributed by atoms with Gasteiger partial charge in [0.1, 0.15) is 0 Å². The van der Waals surface area contributed by atoms with E-state index >= 15 is 0 Å². The molecule has 0 saturated carbocycles. The second-order valence-corrected chi connectivity index (χ2v) is 7.05. The second kappa shape index (κ2) is 4.84. The Labute approximate surface area is 144 Å². The number of aryl methyl sites for hydroxylation is 3. The van der Waals surface area contributed by atoms with Crippen LogP contribution in [0.1, 0.15) is 17.5 Å². The Kier molecular flexibility index (Phi) is 2.84. The third kappa shape index (κ3) is 1.69. The lowest BCUT2D eigenvalue weighted by molar-refractivity contribution is 0.620. The van der Waals surface area contributed by atoms with Gasteiger partial charge in [0, 0.05) is 22.7 Å². The van der Waals surface area contributed by atoms with Crippen LogP contribution in [0.3, 0.4) is 0 Å². The van der Waals surface area contributed by atoms with Crippen molar-refractivity contribution in [2.75, 3.05) is 0 Å². The van der Waals surface area contributed by atoms with Gasteiger partial charge in [0.25, 0.3) is 5.56 Å². The van der Waals surface area contributed by atoms with Crippen molar-refractivity contribution in [1.29, 1.82) is 0 Å². The van der Waals surface area contributed by atoms with Gasteiger partial charge in [-0.25, -0.2) is 0 Å². The van der Waals surface area contributed by atoms with E-state index in [2.05, 4.69) is 31.2 Å².